The Hall–Kier alpha value is -3.80. The van der Waals surface area contributed by atoms with E-state index in [0.717, 1.165) is 52.3 Å². The molecule has 0 bridgehead atoms. The number of rotatable bonds is 6. The number of benzene rings is 2. The number of aryl methyl sites for hydroxylation is 3. The SMILES string of the molecule is Cc1cccc(CCc2nc(-c3ccc4nccnc4c3)c(-c3ccn(C(C)C)n3)[nH]2)c1. The van der Waals surface area contributed by atoms with Crippen molar-refractivity contribution >= 4 is 11.0 Å². The van der Waals surface area contributed by atoms with Crippen molar-refractivity contribution in [1.29, 1.82) is 0 Å². The molecule has 0 unspecified atom stereocenters. The van der Waals surface area contributed by atoms with Crippen LogP contribution < -0.4 is 0 Å². The van der Waals surface area contributed by atoms with Crippen LogP contribution >= 0.6 is 0 Å². The van der Waals surface area contributed by atoms with Crippen LogP contribution in [0, 0.1) is 6.92 Å². The van der Waals surface area contributed by atoms with Crippen LogP contribution in [0.4, 0.5) is 0 Å². The average Bonchev–Trinajstić information content (AvgIpc) is 3.45. The molecule has 32 heavy (non-hydrogen) atoms. The van der Waals surface area contributed by atoms with Crippen molar-refractivity contribution in [3.8, 4) is 22.6 Å². The molecule has 0 spiro atoms. The highest BCUT2D eigenvalue weighted by molar-refractivity contribution is 5.84. The Bertz CT molecular complexity index is 1380. The van der Waals surface area contributed by atoms with Gasteiger partial charge in [0.1, 0.15) is 11.5 Å². The van der Waals surface area contributed by atoms with Crippen molar-refractivity contribution < 1.29 is 0 Å². The van der Waals surface area contributed by atoms with E-state index in [1.807, 2.05) is 29.1 Å². The summed E-state index contributed by atoms with van der Waals surface area (Å²) >= 11 is 0. The van der Waals surface area contributed by atoms with Crippen LogP contribution in [0.25, 0.3) is 33.7 Å². The molecule has 5 aromatic rings. The van der Waals surface area contributed by atoms with Crippen molar-refractivity contribution in [3.05, 3.63) is 84.1 Å². The third kappa shape index (κ3) is 4.04. The maximum Gasteiger partial charge on any atom is 0.111 e. The van der Waals surface area contributed by atoms with Gasteiger partial charge in [-0.2, -0.15) is 5.10 Å². The van der Waals surface area contributed by atoms with E-state index in [0.29, 0.717) is 6.04 Å². The van der Waals surface area contributed by atoms with Crippen molar-refractivity contribution in [3.63, 3.8) is 0 Å². The van der Waals surface area contributed by atoms with Crippen LogP contribution in [-0.4, -0.2) is 29.7 Å². The van der Waals surface area contributed by atoms with E-state index in [-0.39, 0.29) is 0 Å². The molecule has 0 aliphatic carbocycles. The Labute approximate surface area is 187 Å². The first-order valence-electron chi connectivity index (χ1n) is 11.0. The molecule has 3 heterocycles. The van der Waals surface area contributed by atoms with Gasteiger partial charge in [0.2, 0.25) is 0 Å². The lowest BCUT2D eigenvalue weighted by molar-refractivity contribution is 0.534. The fourth-order valence-electron chi connectivity index (χ4n) is 3.93. The minimum Gasteiger partial charge on any atom is -0.340 e. The Kier molecular flexibility index (Phi) is 5.27. The second kappa shape index (κ2) is 8.38. The normalized spacial score (nSPS) is 11.5. The number of fused-ring (bicyclic) bond motifs is 1. The fourth-order valence-corrected chi connectivity index (χ4v) is 3.93. The highest BCUT2D eigenvalue weighted by Crippen LogP contribution is 2.31. The molecular formula is C26H26N6. The first-order chi connectivity index (χ1) is 15.6. The summed E-state index contributed by atoms with van der Waals surface area (Å²) in [6, 6.07) is 17.1. The van der Waals surface area contributed by atoms with Gasteiger partial charge in [0.25, 0.3) is 0 Å². The van der Waals surface area contributed by atoms with Gasteiger partial charge in [-0.05, 0) is 51.0 Å². The number of nitrogens with one attached hydrogen (secondary N) is 1. The number of imidazole rings is 1. The molecule has 5 rings (SSSR count). The largest absolute Gasteiger partial charge is 0.340 e. The van der Waals surface area contributed by atoms with E-state index < -0.39 is 0 Å². The molecule has 6 nitrogen and oxygen atoms in total. The number of H-pyrrole nitrogens is 1. The van der Waals surface area contributed by atoms with Gasteiger partial charge in [0.05, 0.1) is 22.4 Å². The molecule has 1 N–H and O–H groups in total. The van der Waals surface area contributed by atoms with Gasteiger partial charge in [-0.3, -0.25) is 14.6 Å². The fraction of sp³-hybridized carbons (Fsp3) is 0.231. The van der Waals surface area contributed by atoms with Crippen LogP contribution in [0.1, 0.15) is 36.8 Å². The molecule has 0 aliphatic rings. The van der Waals surface area contributed by atoms with Crippen molar-refractivity contribution in [2.45, 2.75) is 39.7 Å². The number of hydrogen-bond donors (Lipinski definition) is 1. The topological polar surface area (TPSA) is 72.3 Å². The third-order valence-electron chi connectivity index (χ3n) is 5.62. The van der Waals surface area contributed by atoms with Gasteiger partial charge in [0.15, 0.2) is 0 Å². The number of hydrogen-bond acceptors (Lipinski definition) is 4. The molecule has 0 fully saturated rings. The van der Waals surface area contributed by atoms with E-state index in [2.05, 4.69) is 66.1 Å². The second-order valence-electron chi connectivity index (χ2n) is 8.43. The maximum absolute atomic E-state index is 5.00. The molecule has 2 aromatic carbocycles. The summed E-state index contributed by atoms with van der Waals surface area (Å²) < 4.78 is 1.97. The molecular weight excluding hydrogens is 396 g/mol. The van der Waals surface area contributed by atoms with E-state index in [9.17, 15) is 0 Å². The third-order valence-corrected chi connectivity index (χ3v) is 5.62. The Morgan fingerprint density at radius 3 is 2.56 bits per heavy atom. The standard InChI is InChI=1S/C26H26N6/c1-17(2)32-14-11-22(31-32)26-25(20-8-9-21-23(16-20)28-13-12-27-21)29-24(30-26)10-7-19-6-4-5-18(3)15-19/h4-6,8-9,11-17H,7,10H2,1-3H3,(H,29,30). The van der Waals surface area contributed by atoms with Crippen molar-refractivity contribution in [2.75, 3.05) is 0 Å². The lowest BCUT2D eigenvalue weighted by Gasteiger charge is -2.04. The quantitative estimate of drug-likeness (QED) is 0.389. The summed E-state index contributed by atoms with van der Waals surface area (Å²) in [5, 5.41) is 4.79. The lowest BCUT2D eigenvalue weighted by Crippen LogP contribution is -2.01. The van der Waals surface area contributed by atoms with E-state index in [4.69, 9.17) is 10.1 Å². The van der Waals surface area contributed by atoms with Crippen LogP contribution in [0.5, 0.6) is 0 Å². The minimum absolute atomic E-state index is 0.298. The van der Waals surface area contributed by atoms with Crippen LogP contribution in [0.15, 0.2) is 67.1 Å². The molecule has 0 saturated carbocycles. The molecule has 0 radical (unpaired) electrons. The summed E-state index contributed by atoms with van der Waals surface area (Å²) in [5.41, 5.74) is 8.05. The van der Waals surface area contributed by atoms with Crippen LogP contribution in [0.3, 0.4) is 0 Å². The van der Waals surface area contributed by atoms with E-state index in [1.54, 1.807) is 12.4 Å². The maximum atomic E-state index is 5.00. The minimum atomic E-state index is 0.298. The van der Waals surface area contributed by atoms with Crippen molar-refractivity contribution in [2.24, 2.45) is 0 Å². The van der Waals surface area contributed by atoms with Crippen LogP contribution in [0.2, 0.25) is 0 Å². The Morgan fingerprint density at radius 1 is 0.938 bits per heavy atom. The number of aromatic nitrogens is 6. The molecule has 6 heteroatoms. The van der Waals surface area contributed by atoms with Gasteiger partial charge in [0, 0.05) is 36.6 Å². The Balaban J connectivity index is 1.54. The van der Waals surface area contributed by atoms with Crippen molar-refractivity contribution in [1.82, 2.24) is 29.7 Å². The zero-order valence-electron chi connectivity index (χ0n) is 18.6. The van der Waals surface area contributed by atoms with E-state index >= 15 is 0 Å². The zero-order valence-corrected chi connectivity index (χ0v) is 18.6. The second-order valence-corrected chi connectivity index (χ2v) is 8.43. The number of aromatic amines is 1. The first-order valence-corrected chi connectivity index (χ1v) is 11.0. The van der Waals surface area contributed by atoms with Gasteiger partial charge >= 0.3 is 0 Å². The predicted molar refractivity (Wildman–Crippen MR) is 127 cm³/mol. The highest BCUT2D eigenvalue weighted by atomic mass is 15.3. The van der Waals surface area contributed by atoms with Crippen LogP contribution in [-0.2, 0) is 12.8 Å². The zero-order chi connectivity index (χ0) is 22.1. The molecule has 0 aliphatic heterocycles. The summed E-state index contributed by atoms with van der Waals surface area (Å²) in [7, 11) is 0. The lowest BCUT2D eigenvalue weighted by atomic mass is 10.1. The smallest absolute Gasteiger partial charge is 0.111 e. The molecule has 3 aromatic heterocycles. The molecule has 0 atom stereocenters. The summed E-state index contributed by atoms with van der Waals surface area (Å²) in [6.07, 6.45) is 7.20. The summed E-state index contributed by atoms with van der Waals surface area (Å²) in [6.45, 7) is 6.38. The highest BCUT2D eigenvalue weighted by Gasteiger charge is 2.17. The molecule has 0 amide bonds. The first kappa shape index (κ1) is 20.1. The Morgan fingerprint density at radius 2 is 1.78 bits per heavy atom. The van der Waals surface area contributed by atoms with Gasteiger partial charge in [-0.15, -0.1) is 0 Å². The van der Waals surface area contributed by atoms with Gasteiger partial charge in [-0.1, -0.05) is 35.9 Å². The average molecular weight is 423 g/mol. The molecule has 0 saturated heterocycles. The van der Waals surface area contributed by atoms with Gasteiger partial charge < -0.3 is 4.98 Å². The van der Waals surface area contributed by atoms with Gasteiger partial charge in [-0.25, -0.2) is 4.98 Å². The molecule has 160 valence electrons. The van der Waals surface area contributed by atoms with E-state index in [1.165, 1.54) is 11.1 Å². The predicted octanol–water partition coefficient (Wildman–Crippen LogP) is 5.56. The monoisotopic (exact) mass is 422 g/mol. The summed E-state index contributed by atoms with van der Waals surface area (Å²) in [5.74, 6) is 0.954. The summed E-state index contributed by atoms with van der Waals surface area (Å²) in [4.78, 5) is 17.4. The number of nitrogens with zero attached hydrogens (tertiary/aromatic N) is 5.